The van der Waals surface area contributed by atoms with Crippen LogP contribution in [0.15, 0.2) is 29.4 Å². The molecule has 8 heteroatoms. The molecule has 5 nitrogen and oxygen atoms in total. The van der Waals surface area contributed by atoms with E-state index in [4.69, 9.17) is 0 Å². The number of hydrogen-bond acceptors (Lipinski definition) is 3. The summed E-state index contributed by atoms with van der Waals surface area (Å²) in [6.45, 7) is 0.0909. The van der Waals surface area contributed by atoms with Crippen LogP contribution < -0.4 is 5.32 Å². The third-order valence-corrected chi connectivity index (χ3v) is 3.20. The van der Waals surface area contributed by atoms with Crippen LogP contribution in [0.2, 0.25) is 0 Å². The molecule has 1 N–H and O–H groups in total. The topological polar surface area (TPSA) is 61.8 Å². The number of carbonyl (C=O) groups excluding carboxylic acids is 2. The molecule has 1 aliphatic heterocycles. The first-order valence-corrected chi connectivity index (χ1v) is 6.56. The summed E-state index contributed by atoms with van der Waals surface area (Å²) in [5, 5.41) is 7.54. The molecule has 0 fully saturated rings. The molecule has 22 heavy (non-hydrogen) atoms. The smallest absolute Gasteiger partial charge is 0.347 e. The summed E-state index contributed by atoms with van der Waals surface area (Å²) in [4.78, 5) is 23.1. The van der Waals surface area contributed by atoms with Crippen molar-refractivity contribution in [1.82, 2.24) is 10.3 Å². The summed E-state index contributed by atoms with van der Waals surface area (Å²) >= 11 is 0. The number of nitrogens with one attached hydrogen (secondary N) is 1. The predicted molar refractivity (Wildman–Crippen MR) is 72.7 cm³/mol. The lowest BCUT2D eigenvalue weighted by atomic mass is 10.1. The molecule has 0 aromatic heterocycles. The van der Waals surface area contributed by atoms with Crippen LogP contribution in [-0.2, 0) is 22.3 Å². The van der Waals surface area contributed by atoms with Crippen molar-refractivity contribution < 1.29 is 22.8 Å². The fourth-order valence-corrected chi connectivity index (χ4v) is 1.93. The van der Waals surface area contributed by atoms with E-state index < -0.39 is 17.6 Å². The fourth-order valence-electron chi connectivity index (χ4n) is 1.93. The van der Waals surface area contributed by atoms with Crippen LogP contribution in [0.4, 0.5) is 13.2 Å². The quantitative estimate of drug-likeness (QED) is 0.927. The Hall–Kier alpha value is -2.38. The van der Waals surface area contributed by atoms with E-state index in [0.29, 0.717) is 5.56 Å². The molecule has 0 spiro atoms. The molecule has 0 aliphatic carbocycles. The monoisotopic (exact) mass is 313 g/mol. The van der Waals surface area contributed by atoms with Crippen molar-refractivity contribution in [2.45, 2.75) is 25.6 Å². The van der Waals surface area contributed by atoms with Crippen molar-refractivity contribution in [2.24, 2.45) is 5.10 Å². The first kappa shape index (κ1) is 16.0. The molecule has 118 valence electrons. The van der Waals surface area contributed by atoms with Gasteiger partial charge in [-0.2, -0.15) is 18.3 Å². The Labute approximate surface area is 124 Å². The van der Waals surface area contributed by atoms with Gasteiger partial charge < -0.3 is 5.32 Å². The molecular formula is C14H14F3N3O2. The van der Waals surface area contributed by atoms with Crippen molar-refractivity contribution >= 4 is 17.5 Å². The first-order chi connectivity index (χ1) is 10.3. The summed E-state index contributed by atoms with van der Waals surface area (Å²) in [7, 11) is 1.46. The van der Waals surface area contributed by atoms with Crippen LogP contribution in [0.1, 0.15) is 24.0 Å². The molecule has 0 unspecified atom stereocenters. The van der Waals surface area contributed by atoms with E-state index in [-0.39, 0.29) is 31.0 Å². The summed E-state index contributed by atoms with van der Waals surface area (Å²) in [6, 6.07) is 4.54. The lowest BCUT2D eigenvalue weighted by molar-refractivity contribution is -0.137. The Bertz CT molecular complexity index is 609. The molecule has 0 atom stereocenters. The second kappa shape index (κ2) is 6.17. The Balaban J connectivity index is 1.94. The van der Waals surface area contributed by atoms with Crippen molar-refractivity contribution in [2.75, 3.05) is 7.05 Å². The summed E-state index contributed by atoms with van der Waals surface area (Å²) in [5.41, 5.74) is 0.0376. The molecule has 1 heterocycles. The summed E-state index contributed by atoms with van der Waals surface area (Å²) < 4.78 is 37.3. The zero-order valence-corrected chi connectivity index (χ0v) is 11.8. The minimum atomic E-state index is -4.38. The Morgan fingerprint density at radius 1 is 1.27 bits per heavy atom. The van der Waals surface area contributed by atoms with E-state index in [1.165, 1.54) is 19.2 Å². The SMILES string of the molecule is CN1N=C(C(=O)NCc2ccc(C(F)(F)F)cc2)CCC1=O. The number of hydrazone groups is 1. The highest BCUT2D eigenvalue weighted by Crippen LogP contribution is 2.29. The Kier molecular flexibility index (Phi) is 4.48. The maximum Gasteiger partial charge on any atom is 0.416 e. The van der Waals surface area contributed by atoms with Gasteiger partial charge in [0.15, 0.2) is 0 Å². The van der Waals surface area contributed by atoms with Crippen LogP contribution in [0.25, 0.3) is 0 Å². The third kappa shape index (κ3) is 3.84. The minimum Gasteiger partial charge on any atom is -0.347 e. The van der Waals surface area contributed by atoms with Gasteiger partial charge in [0, 0.05) is 26.4 Å². The number of amides is 2. The van der Waals surface area contributed by atoms with Crippen LogP contribution >= 0.6 is 0 Å². The fraction of sp³-hybridized carbons (Fsp3) is 0.357. The molecule has 1 aromatic carbocycles. The van der Waals surface area contributed by atoms with Gasteiger partial charge >= 0.3 is 6.18 Å². The van der Waals surface area contributed by atoms with E-state index in [1.54, 1.807) is 0 Å². The lowest BCUT2D eigenvalue weighted by Crippen LogP contribution is -2.37. The Morgan fingerprint density at radius 2 is 1.91 bits per heavy atom. The number of hydrogen-bond donors (Lipinski definition) is 1. The maximum absolute atomic E-state index is 12.4. The first-order valence-electron chi connectivity index (χ1n) is 6.56. The van der Waals surface area contributed by atoms with Crippen LogP contribution in [-0.4, -0.2) is 29.6 Å². The van der Waals surface area contributed by atoms with Gasteiger partial charge in [0.2, 0.25) is 5.91 Å². The normalized spacial score (nSPS) is 15.5. The average Bonchev–Trinajstić information content (AvgIpc) is 2.47. The van der Waals surface area contributed by atoms with Crippen molar-refractivity contribution in [1.29, 1.82) is 0 Å². The number of halogens is 3. The van der Waals surface area contributed by atoms with Gasteiger partial charge in [0.1, 0.15) is 5.71 Å². The van der Waals surface area contributed by atoms with Gasteiger partial charge in [-0.15, -0.1) is 0 Å². The zero-order chi connectivity index (χ0) is 16.3. The van der Waals surface area contributed by atoms with Crippen molar-refractivity contribution in [3.05, 3.63) is 35.4 Å². The van der Waals surface area contributed by atoms with Crippen molar-refractivity contribution in [3.8, 4) is 0 Å². The maximum atomic E-state index is 12.4. The average molecular weight is 313 g/mol. The molecule has 0 bridgehead atoms. The summed E-state index contributed by atoms with van der Waals surface area (Å²) in [5.74, 6) is -0.599. The van der Waals surface area contributed by atoms with Crippen molar-refractivity contribution in [3.63, 3.8) is 0 Å². The van der Waals surface area contributed by atoms with E-state index in [2.05, 4.69) is 10.4 Å². The number of benzene rings is 1. The van der Waals surface area contributed by atoms with Gasteiger partial charge in [-0.25, -0.2) is 5.01 Å². The number of carbonyl (C=O) groups is 2. The molecule has 1 aliphatic rings. The van der Waals surface area contributed by atoms with E-state index in [9.17, 15) is 22.8 Å². The summed E-state index contributed by atoms with van der Waals surface area (Å²) in [6.07, 6.45) is -3.92. The number of rotatable bonds is 3. The highest BCUT2D eigenvalue weighted by atomic mass is 19.4. The van der Waals surface area contributed by atoms with Gasteiger partial charge in [0.25, 0.3) is 5.91 Å². The predicted octanol–water partition coefficient (Wildman–Crippen LogP) is 1.93. The molecule has 2 rings (SSSR count). The molecule has 0 saturated carbocycles. The largest absolute Gasteiger partial charge is 0.416 e. The molecular weight excluding hydrogens is 299 g/mol. The highest BCUT2D eigenvalue weighted by Gasteiger charge is 2.30. The molecule has 0 saturated heterocycles. The second-order valence-electron chi connectivity index (χ2n) is 4.84. The number of nitrogens with zero attached hydrogens (tertiary/aromatic N) is 2. The van der Waals surface area contributed by atoms with Gasteiger partial charge in [-0.3, -0.25) is 9.59 Å². The van der Waals surface area contributed by atoms with Crippen LogP contribution in [0.3, 0.4) is 0 Å². The molecule has 0 radical (unpaired) electrons. The van der Waals surface area contributed by atoms with Crippen LogP contribution in [0.5, 0.6) is 0 Å². The standard InChI is InChI=1S/C14H14F3N3O2/c1-20-12(21)7-6-11(19-20)13(22)18-8-9-2-4-10(5-3-9)14(15,16)17/h2-5H,6-8H2,1H3,(H,18,22). The number of alkyl halides is 3. The lowest BCUT2D eigenvalue weighted by Gasteiger charge is -2.18. The van der Waals surface area contributed by atoms with Gasteiger partial charge in [-0.05, 0) is 17.7 Å². The minimum absolute atomic E-state index is 0.0909. The molecule has 1 aromatic rings. The zero-order valence-electron chi connectivity index (χ0n) is 11.8. The van der Waals surface area contributed by atoms with Crippen LogP contribution in [0, 0.1) is 0 Å². The Morgan fingerprint density at radius 3 is 2.45 bits per heavy atom. The molecule has 2 amide bonds. The van der Waals surface area contributed by atoms with E-state index >= 15 is 0 Å². The second-order valence-corrected chi connectivity index (χ2v) is 4.84. The third-order valence-electron chi connectivity index (χ3n) is 3.20. The van der Waals surface area contributed by atoms with E-state index in [0.717, 1.165) is 17.1 Å². The van der Waals surface area contributed by atoms with E-state index in [1.807, 2.05) is 0 Å². The highest BCUT2D eigenvalue weighted by molar-refractivity contribution is 6.39. The van der Waals surface area contributed by atoms with Gasteiger partial charge in [-0.1, -0.05) is 12.1 Å². The van der Waals surface area contributed by atoms with Gasteiger partial charge in [0.05, 0.1) is 5.56 Å².